The number of benzene rings is 1. The van der Waals surface area contributed by atoms with E-state index in [4.69, 9.17) is 21.3 Å². The first kappa shape index (κ1) is 17.8. The van der Waals surface area contributed by atoms with E-state index in [0.29, 0.717) is 16.7 Å². The van der Waals surface area contributed by atoms with E-state index in [1.165, 1.54) is 16.5 Å². The third-order valence-corrected chi connectivity index (χ3v) is 4.96. The molecule has 2 aromatic heterocycles. The second-order valence-corrected chi connectivity index (χ2v) is 8.06. The quantitative estimate of drug-likeness (QED) is 0.634. The van der Waals surface area contributed by atoms with Gasteiger partial charge in [-0.3, -0.25) is 0 Å². The first-order valence-electron chi connectivity index (χ1n) is 8.60. The molecule has 3 nitrogen and oxygen atoms in total. The van der Waals surface area contributed by atoms with Crippen LogP contribution in [-0.4, -0.2) is 17.1 Å². The van der Waals surface area contributed by atoms with Crippen molar-refractivity contribution in [3.8, 4) is 5.75 Å². The Morgan fingerprint density at radius 2 is 1.96 bits per heavy atom. The van der Waals surface area contributed by atoms with Gasteiger partial charge in [-0.15, -0.1) is 0 Å². The number of nitrogens with one attached hydrogen (secondary N) is 1. The summed E-state index contributed by atoms with van der Waals surface area (Å²) in [7, 11) is 1.64. The maximum Gasteiger partial charge on any atom is 0.137 e. The maximum absolute atomic E-state index is 6.14. The number of fused-ring (bicyclic) bond motifs is 1. The van der Waals surface area contributed by atoms with E-state index in [9.17, 15) is 0 Å². The molecule has 0 aliphatic carbocycles. The molecule has 1 unspecified atom stereocenters. The average molecular weight is 357 g/mol. The van der Waals surface area contributed by atoms with Crippen LogP contribution in [0.2, 0.25) is 5.02 Å². The Labute approximate surface area is 154 Å². The van der Waals surface area contributed by atoms with Gasteiger partial charge in [0.2, 0.25) is 0 Å². The number of hydrogen-bond donors (Lipinski definition) is 1. The van der Waals surface area contributed by atoms with E-state index in [2.05, 4.69) is 50.9 Å². The molecule has 2 heterocycles. The monoisotopic (exact) mass is 356 g/mol. The van der Waals surface area contributed by atoms with Gasteiger partial charge in [0.05, 0.1) is 12.1 Å². The Morgan fingerprint density at radius 3 is 2.64 bits per heavy atom. The van der Waals surface area contributed by atoms with Crippen molar-refractivity contribution in [3.05, 3.63) is 58.4 Å². The predicted octanol–water partition coefficient (Wildman–Crippen LogP) is 5.87. The molecule has 0 fully saturated rings. The van der Waals surface area contributed by atoms with Crippen LogP contribution in [-0.2, 0) is 11.8 Å². The summed E-state index contributed by atoms with van der Waals surface area (Å²) < 4.78 is 5.34. The first-order chi connectivity index (χ1) is 11.8. The number of hydrogen-bond acceptors (Lipinski definition) is 2. The molecular formula is C21H25ClN2O. The van der Waals surface area contributed by atoms with Crippen molar-refractivity contribution in [2.24, 2.45) is 0 Å². The van der Waals surface area contributed by atoms with Crippen LogP contribution in [0.5, 0.6) is 5.75 Å². The van der Waals surface area contributed by atoms with Gasteiger partial charge in [-0.2, -0.15) is 0 Å². The van der Waals surface area contributed by atoms with Gasteiger partial charge in [-0.1, -0.05) is 45.4 Å². The molecule has 0 amide bonds. The van der Waals surface area contributed by atoms with Crippen molar-refractivity contribution in [1.29, 1.82) is 0 Å². The number of rotatable bonds is 4. The minimum absolute atomic E-state index is 0.0743. The standard InChI is InChI=1S/C21H25ClN2O/c1-13(14-6-7-18(22)19(11-14)25-5)10-15-12-17(21(2,3)4)16-8-9-23-20(16)24-15/h6-9,11-13H,10H2,1-5H3,(H,23,24). The fraction of sp³-hybridized carbons (Fsp3) is 0.381. The van der Waals surface area contributed by atoms with E-state index in [0.717, 1.165) is 17.8 Å². The number of methoxy groups -OCH3 is 1. The van der Waals surface area contributed by atoms with Crippen molar-refractivity contribution in [3.63, 3.8) is 0 Å². The topological polar surface area (TPSA) is 37.9 Å². The molecule has 0 radical (unpaired) electrons. The van der Waals surface area contributed by atoms with Gasteiger partial charge in [0, 0.05) is 17.3 Å². The van der Waals surface area contributed by atoms with E-state index in [1.807, 2.05) is 18.3 Å². The molecule has 3 rings (SSSR count). The van der Waals surface area contributed by atoms with Crippen LogP contribution >= 0.6 is 11.6 Å². The lowest BCUT2D eigenvalue weighted by Gasteiger charge is -2.22. The largest absolute Gasteiger partial charge is 0.495 e. The number of halogens is 1. The van der Waals surface area contributed by atoms with Gasteiger partial charge in [-0.25, -0.2) is 4.98 Å². The maximum atomic E-state index is 6.14. The van der Waals surface area contributed by atoms with Crippen LogP contribution in [0.15, 0.2) is 36.5 Å². The van der Waals surface area contributed by atoms with E-state index in [-0.39, 0.29) is 5.41 Å². The first-order valence-corrected chi connectivity index (χ1v) is 8.98. The summed E-state index contributed by atoms with van der Waals surface area (Å²) in [6.07, 6.45) is 2.83. The van der Waals surface area contributed by atoms with Crippen LogP contribution in [0.1, 0.15) is 50.4 Å². The third kappa shape index (κ3) is 3.67. The molecule has 4 heteroatoms. The van der Waals surface area contributed by atoms with Gasteiger partial charge < -0.3 is 9.72 Å². The molecule has 1 atom stereocenters. The number of H-pyrrole nitrogens is 1. The van der Waals surface area contributed by atoms with Crippen LogP contribution in [0.25, 0.3) is 11.0 Å². The fourth-order valence-corrected chi connectivity index (χ4v) is 3.42. The zero-order valence-corrected chi connectivity index (χ0v) is 16.2. The van der Waals surface area contributed by atoms with Crippen LogP contribution in [0, 0.1) is 0 Å². The van der Waals surface area contributed by atoms with Crippen molar-refractivity contribution >= 4 is 22.6 Å². The lowest BCUT2D eigenvalue weighted by atomic mass is 9.84. The SMILES string of the molecule is COc1cc(C(C)Cc2cc(C(C)(C)C)c3cc[nH]c3n2)ccc1Cl. The molecule has 0 aliphatic heterocycles. The second-order valence-electron chi connectivity index (χ2n) is 7.65. The zero-order valence-electron chi connectivity index (χ0n) is 15.5. The van der Waals surface area contributed by atoms with E-state index < -0.39 is 0 Å². The molecule has 1 aromatic carbocycles. The Morgan fingerprint density at radius 1 is 1.20 bits per heavy atom. The summed E-state index contributed by atoms with van der Waals surface area (Å²) in [5, 5.41) is 1.84. The van der Waals surface area contributed by atoms with Gasteiger partial charge >= 0.3 is 0 Å². The van der Waals surface area contributed by atoms with Crippen LogP contribution in [0.3, 0.4) is 0 Å². The van der Waals surface area contributed by atoms with E-state index >= 15 is 0 Å². The van der Waals surface area contributed by atoms with Gasteiger partial charge in [0.15, 0.2) is 0 Å². The summed E-state index contributed by atoms with van der Waals surface area (Å²) >= 11 is 6.14. The number of aromatic amines is 1. The van der Waals surface area contributed by atoms with Crippen molar-refractivity contribution < 1.29 is 4.74 Å². The Bertz CT molecular complexity index is 893. The Balaban J connectivity index is 1.95. The highest BCUT2D eigenvalue weighted by Crippen LogP contribution is 2.33. The normalized spacial score (nSPS) is 13.2. The molecule has 0 saturated carbocycles. The minimum Gasteiger partial charge on any atom is -0.495 e. The summed E-state index contributed by atoms with van der Waals surface area (Å²) in [5.74, 6) is 1.04. The fourth-order valence-electron chi connectivity index (χ4n) is 3.23. The van der Waals surface area contributed by atoms with Crippen LogP contribution in [0.4, 0.5) is 0 Å². The third-order valence-electron chi connectivity index (χ3n) is 4.65. The highest BCUT2D eigenvalue weighted by atomic mass is 35.5. The smallest absolute Gasteiger partial charge is 0.137 e. The number of ether oxygens (including phenoxy) is 1. The minimum atomic E-state index is 0.0743. The van der Waals surface area contributed by atoms with E-state index in [1.54, 1.807) is 7.11 Å². The Hall–Kier alpha value is -2.00. The number of pyridine rings is 1. The Kier molecular flexibility index (Phi) is 4.79. The summed E-state index contributed by atoms with van der Waals surface area (Å²) in [6.45, 7) is 8.93. The molecule has 3 aromatic rings. The highest BCUT2D eigenvalue weighted by molar-refractivity contribution is 6.32. The molecule has 0 saturated heterocycles. The van der Waals surface area contributed by atoms with Gasteiger partial charge in [0.1, 0.15) is 11.4 Å². The summed E-state index contributed by atoms with van der Waals surface area (Å²) in [6, 6.07) is 10.3. The van der Waals surface area contributed by atoms with Gasteiger partial charge in [-0.05, 0) is 53.1 Å². The molecular weight excluding hydrogens is 332 g/mol. The molecule has 132 valence electrons. The predicted molar refractivity (Wildman–Crippen MR) is 105 cm³/mol. The van der Waals surface area contributed by atoms with Crippen molar-refractivity contribution in [2.75, 3.05) is 7.11 Å². The lowest BCUT2D eigenvalue weighted by Crippen LogP contribution is -2.13. The van der Waals surface area contributed by atoms with Crippen molar-refractivity contribution in [2.45, 2.75) is 45.4 Å². The molecule has 1 N–H and O–H groups in total. The molecule has 25 heavy (non-hydrogen) atoms. The summed E-state index contributed by atoms with van der Waals surface area (Å²) in [4.78, 5) is 8.08. The van der Waals surface area contributed by atoms with Crippen LogP contribution < -0.4 is 4.74 Å². The van der Waals surface area contributed by atoms with Crippen molar-refractivity contribution in [1.82, 2.24) is 9.97 Å². The molecule has 0 aliphatic rings. The second kappa shape index (κ2) is 6.72. The lowest BCUT2D eigenvalue weighted by molar-refractivity contribution is 0.414. The average Bonchev–Trinajstić information content (AvgIpc) is 3.01. The van der Waals surface area contributed by atoms with Gasteiger partial charge in [0.25, 0.3) is 0 Å². The molecule has 0 spiro atoms. The molecule has 0 bridgehead atoms. The number of aromatic nitrogens is 2. The number of nitrogens with zero attached hydrogens (tertiary/aromatic N) is 1. The zero-order chi connectivity index (χ0) is 18.2. The summed E-state index contributed by atoms with van der Waals surface area (Å²) in [5.41, 5.74) is 4.66. The highest BCUT2D eigenvalue weighted by Gasteiger charge is 2.20.